The van der Waals surface area contributed by atoms with Gasteiger partial charge in [0.1, 0.15) is 0 Å². The summed E-state index contributed by atoms with van der Waals surface area (Å²) in [6.07, 6.45) is 26.0. The lowest BCUT2D eigenvalue weighted by atomic mass is 9.71. The smallest absolute Gasteiger partial charge is 0.0196 e. The standard InChI is InChI=1S/C19H24/c1-3-5-12-17(4-2)19(15-10-11-16-19)18-13-8-6-7-9-14-18/h3-8,12-14H,1,9-11,15-16H2,2H3/b12-5-,17-4+. The summed E-state index contributed by atoms with van der Waals surface area (Å²) in [5.74, 6) is 0. The van der Waals surface area contributed by atoms with Crippen LogP contribution in [0, 0.1) is 5.41 Å². The van der Waals surface area contributed by atoms with Crippen molar-refractivity contribution in [3.05, 3.63) is 72.4 Å². The quantitative estimate of drug-likeness (QED) is 0.565. The Morgan fingerprint density at radius 2 is 2.05 bits per heavy atom. The van der Waals surface area contributed by atoms with Crippen molar-refractivity contribution in [1.82, 2.24) is 0 Å². The van der Waals surface area contributed by atoms with Gasteiger partial charge in [0.05, 0.1) is 0 Å². The number of allylic oxidation sites excluding steroid dienone is 11. The van der Waals surface area contributed by atoms with E-state index in [1.807, 2.05) is 6.08 Å². The summed E-state index contributed by atoms with van der Waals surface area (Å²) in [5.41, 5.74) is 3.18. The highest BCUT2D eigenvalue weighted by molar-refractivity contribution is 5.44. The molecule has 0 heterocycles. The molecule has 0 amide bonds. The summed E-state index contributed by atoms with van der Waals surface area (Å²) in [5, 5.41) is 0. The Labute approximate surface area is 117 Å². The van der Waals surface area contributed by atoms with Crippen LogP contribution in [0.25, 0.3) is 0 Å². The summed E-state index contributed by atoms with van der Waals surface area (Å²) in [6, 6.07) is 0. The normalized spacial score (nSPS) is 22.6. The van der Waals surface area contributed by atoms with Crippen LogP contribution in [0.1, 0.15) is 39.0 Å². The van der Waals surface area contributed by atoms with Gasteiger partial charge in [0.15, 0.2) is 0 Å². The molecule has 0 heteroatoms. The first-order valence-electron chi connectivity index (χ1n) is 7.33. The van der Waals surface area contributed by atoms with E-state index in [4.69, 9.17) is 0 Å². The van der Waals surface area contributed by atoms with Crippen molar-refractivity contribution in [3.63, 3.8) is 0 Å². The van der Waals surface area contributed by atoms with Gasteiger partial charge in [0.25, 0.3) is 0 Å². The first-order valence-corrected chi connectivity index (χ1v) is 7.33. The third-order valence-electron chi connectivity index (χ3n) is 4.28. The molecule has 0 aromatic heterocycles. The highest BCUT2D eigenvalue weighted by Crippen LogP contribution is 2.51. The maximum atomic E-state index is 3.79. The third kappa shape index (κ3) is 2.89. The molecule has 0 aromatic carbocycles. The first kappa shape index (κ1) is 13.9. The number of hydrogen-bond acceptors (Lipinski definition) is 0. The minimum atomic E-state index is 0.233. The monoisotopic (exact) mass is 252 g/mol. The van der Waals surface area contributed by atoms with Crippen molar-refractivity contribution in [2.45, 2.75) is 39.0 Å². The van der Waals surface area contributed by atoms with E-state index in [9.17, 15) is 0 Å². The molecule has 0 bridgehead atoms. The Hall–Kier alpha value is -1.56. The fourth-order valence-corrected chi connectivity index (χ4v) is 3.36. The predicted molar refractivity (Wildman–Crippen MR) is 85.0 cm³/mol. The molecule has 1 fully saturated rings. The van der Waals surface area contributed by atoms with Gasteiger partial charge in [-0.3, -0.25) is 0 Å². The van der Waals surface area contributed by atoms with Crippen LogP contribution in [0.5, 0.6) is 0 Å². The molecule has 0 nitrogen and oxygen atoms in total. The Balaban J connectivity index is 2.40. The maximum Gasteiger partial charge on any atom is 0.0196 e. The van der Waals surface area contributed by atoms with Crippen molar-refractivity contribution in [1.29, 1.82) is 0 Å². The van der Waals surface area contributed by atoms with Crippen molar-refractivity contribution in [2.75, 3.05) is 0 Å². The van der Waals surface area contributed by atoms with Gasteiger partial charge in [0.2, 0.25) is 0 Å². The lowest BCUT2D eigenvalue weighted by Crippen LogP contribution is -2.20. The van der Waals surface area contributed by atoms with Gasteiger partial charge in [-0.2, -0.15) is 0 Å². The van der Waals surface area contributed by atoms with Gasteiger partial charge < -0.3 is 0 Å². The second-order valence-corrected chi connectivity index (χ2v) is 5.31. The van der Waals surface area contributed by atoms with Gasteiger partial charge in [-0.05, 0) is 37.3 Å². The molecule has 0 aliphatic heterocycles. The summed E-state index contributed by atoms with van der Waals surface area (Å²) in [6.45, 7) is 5.95. The summed E-state index contributed by atoms with van der Waals surface area (Å²) in [7, 11) is 0. The molecule has 2 aliphatic carbocycles. The molecule has 1 saturated carbocycles. The van der Waals surface area contributed by atoms with Gasteiger partial charge >= 0.3 is 0 Å². The molecule has 0 radical (unpaired) electrons. The van der Waals surface area contributed by atoms with Gasteiger partial charge in [-0.15, -0.1) is 0 Å². The Morgan fingerprint density at radius 1 is 1.26 bits per heavy atom. The van der Waals surface area contributed by atoms with Crippen LogP contribution in [-0.4, -0.2) is 0 Å². The summed E-state index contributed by atoms with van der Waals surface area (Å²) < 4.78 is 0. The molecular weight excluding hydrogens is 228 g/mol. The number of hydrogen-bond donors (Lipinski definition) is 0. The minimum absolute atomic E-state index is 0.233. The molecule has 100 valence electrons. The van der Waals surface area contributed by atoms with E-state index in [0.717, 1.165) is 6.42 Å². The molecule has 0 aromatic rings. The minimum Gasteiger partial charge on any atom is -0.0991 e. The highest BCUT2D eigenvalue weighted by Gasteiger charge is 2.38. The fourth-order valence-electron chi connectivity index (χ4n) is 3.36. The zero-order valence-corrected chi connectivity index (χ0v) is 11.9. The van der Waals surface area contributed by atoms with Gasteiger partial charge in [-0.25, -0.2) is 0 Å². The largest absolute Gasteiger partial charge is 0.0991 e. The Morgan fingerprint density at radius 3 is 2.74 bits per heavy atom. The maximum absolute atomic E-state index is 3.79. The lowest BCUT2D eigenvalue weighted by molar-refractivity contribution is 0.465. The van der Waals surface area contributed by atoms with E-state index in [1.54, 1.807) is 0 Å². The second kappa shape index (κ2) is 6.56. The van der Waals surface area contributed by atoms with Crippen LogP contribution >= 0.6 is 0 Å². The van der Waals surface area contributed by atoms with Crippen LogP contribution in [0.3, 0.4) is 0 Å². The average molecular weight is 252 g/mol. The van der Waals surface area contributed by atoms with E-state index >= 15 is 0 Å². The zero-order chi connectivity index (χ0) is 13.6. The van der Waals surface area contributed by atoms with Gasteiger partial charge in [0, 0.05) is 5.41 Å². The third-order valence-corrected chi connectivity index (χ3v) is 4.28. The first-order chi connectivity index (χ1) is 9.33. The van der Waals surface area contributed by atoms with E-state index in [2.05, 4.69) is 62.1 Å². The summed E-state index contributed by atoms with van der Waals surface area (Å²) in [4.78, 5) is 0. The average Bonchev–Trinajstić information content (AvgIpc) is 2.76. The SMILES string of the molecule is C=C/C=C\C(=C/C)C1(C2=CCC=CC=C2)CCCC1. The topological polar surface area (TPSA) is 0 Å². The molecule has 19 heavy (non-hydrogen) atoms. The molecule has 2 rings (SSSR count). The van der Waals surface area contributed by atoms with Gasteiger partial charge in [-0.1, -0.05) is 74.1 Å². The molecule has 0 unspecified atom stereocenters. The van der Waals surface area contributed by atoms with E-state index in [-0.39, 0.29) is 5.41 Å². The molecule has 2 aliphatic rings. The van der Waals surface area contributed by atoms with Crippen LogP contribution in [-0.2, 0) is 0 Å². The molecule has 0 N–H and O–H groups in total. The van der Waals surface area contributed by atoms with Crippen molar-refractivity contribution < 1.29 is 0 Å². The van der Waals surface area contributed by atoms with Crippen molar-refractivity contribution >= 4 is 0 Å². The number of rotatable bonds is 4. The second-order valence-electron chi connectivity index (χ2n) is 5.31. The Kier molecular flexibility index (Phi) is 4.79. The molecule has 0 spiro atoms. The summed E-state index contributed by atoms with van der Waals surface area (Å²) >= 11 is 0. The van der Waals surface area contributed by atoms with E-state index in [0.29, 0.717) is 0 Å². The predicted octanol–water partition coefficient (Wildman–Crippen LogP) is 5.68. The molecule has 0 atom stereocenters. The van der Waals surface area contributed by atoms with Crippen molar-refractivity contribution in [2.24, 2.45) is 5.41 Å². The molecule has 0 saturated heterocycles. The van der Waals surface area contributed by atoms with Crippen LogP contribution < -0.4 is 0 Å². The zero-order valence-electron chi connectivity index (χ0n) is 11.9. The van der Waals surface area contributed by atoms with Crippen LogP contribution in [0.15, 0.2) is 72.4 Å². The fraction of sp³-hybridized carbons (Fsp3) is 0.368. The lowest BCUT2D eigenvalue weighted by Gasteiger charge is -2.32. The van der Waals surface area contributed by atoms with E-state index in [1.165, 1.54) is 36.8 Å². The van der Waals surface area contributed by atoms with Crippen LogP contribution in [0.2, 0.25) is 0 Å². The Bertz CT molecular complexity index is 460. The van der Waals surface area contributed by atoms with Crippen LogP contribution in [0.4, 0.5) is 0 Å². The van der Waals surface area contributed by atoms with E-state index < -0.39 is 0 Å². The van der Waals surface area contributed by atoms with Crippen molar-refractivity contribution in [3.8, 4) is 0 Å². The molecular formula is C19H24. The highest BCUT2D eigenvalue weighted by atomic mass is 14.4.